The monoisotopic (exact) mass is 400 g/mol. The molecule has 1 atom stereocenters. The quantitative estimate of drug-likeness (QED) is 0.569. The molecule has 0 aromatic heterocycles. The third kappa shape index (κ3) is 5.30. The van der Waals surface area contributed by atoms with Gasteiger partial charge in [0.1, 0.15) is 0 Å². The van der Waals surface area contributed by atoms with Gasteiger partial charge in [-0.15, -0.1) is 0 Å². The Balaban J connectivity index is 1.73. The molecule has 2 N–H and O–H groups in total. The molecule has 0 aliphatic carbocycles. The molecule has 2 aliphatic rings. The molecule has 2 aliphatic heterocycles. The smallest absolute Gasteiger partial charge is 0.222 e. The largest absolute Gasteiger partial charge is 0.381 e. The van der Waals surface area contributed by atoms with E-state index < -0.39 is 0 Å². The van der Waals surface area contributed by atoms with Crippen molar-refractivity contribution in [2.45, 2.75) is 57.9 Å². The number of hydrogen-bond donors (Lipinski definition) is 2. The molecule has 6 nitrogen and oxygen atoms in total. The van der Waals surface area contributed by atoms with E-state index in [-0.39, 0.29) is 17.4 Å². The summed E-state index contributed by atoms with van der Waals surface area (Å²) in [5, 5.41) is 6.96. The Bertz CT molecular complexity index is 713. The predicted octanol–water partition coefficient (Wildman–Crippen LogP) is 2.61. The number of carbonyl (C=O) groups is 1. The average molecular weight is 401 g/mol. The van der Waals surface area contributed by atoms with Crippen molar-refractivity contribution in [2.75, 3.05) is 39.4 Å². The van der Waals surface area contributed by atoms with Gasteiger partial charge in [0.2, 0.25) is 5.91 Å². The van der Waals surface area contributed by atoms with Crippen molar-refractivity contribution >= 4 is 11.9 Å². The molecular formula is C23H36N4O2. The third-order valence-corrected chi connectivity index (χ3v) is 6.23. The number of guanidine groups is 1. The predicted molar refractivity (Wildman–Crippen MR) is 117 cm³/mol. The Morgan fingerprint density at radius 3 is 2.72 bits per heavy atom. The van der Waals surface area contributed by atoms with Crippen LogP contribution in [0.3, 0.4) is 0 Å². The van der Waals surface area contributed by atoms with Crippen molar-refractivity contribution in [3.8, 4) is 0 Å². The fraction of sp³-hybridized carbons (Fsp3) is 0.652. The Labute approximate surface area is 175 Å². The summed E-state index contributed by atoms with van der Waals surface area (Å²) in [7, 11) is 0. The number of carbonyl (C=O) groups excluding carboxylic acids is 1. The Morgan fingerprint density at radius 2 is 2.03 bits per heavy atom. The molecular weight excluding hydrogens is 364 g/mol. The fourth-order valence-electron chi connectivity index (χ4n) is 4.51. The Morgan fingerprint density at radius 1 is 1.28 bits per heavy atom. The molecule has 29 heavy (non-hydrogen) atoms. The molecule has 6 heteroatoms. The van der Waals surface area contributed by atoms with E-state index in [1.165, 1.54) is 11.1 Å². The first-order valence-electron chi connectivity index (χ1n) is 11.0. The van der Waals surface area contributed by atoms with Crippen LogP contribution >= 0.6 is 0 Å². The molecule has 2 heterocycles. The summed E-state index contributed by atoms with van der Waals surface area (Å²) in [5.41, 5.74) is 2.74. The van der Waals surface area contributed by atoms with Gasteiger partial charge in [0, 0.05) is 50.7 Å². The second-order valence-corrected chi connectivity index (χ2v) is 8.23. The van der Waals surface area contributed by atoms with Crippen molar-refractivity contribution in [3.63, 3.8) is 0 Å². The van der Waals surface area contributed by atoms with Gasteiger partial charge in [0.05, 0.1) is 6.54 Å². The Kier molecular flexibility index (Phi) is 7.53. The first-order chi connectivity index (χ1) is 14.1. The van der Waals surface area contributed by atoms with Crippen LogP contribution in [0.25, 0.3) is 0 Å². The summed E-state index contributed by atoms with van der Waals surface area (Å²) in [5.74, 6) is 1.08. The number of amides is 1. The van der Waals surface area contributed by atoms with E-state index in [9.17, 15) is 4.79 Å². The number of nitrogens with zero attached hydrogens (tertiary/aromatic N) is 2. The van der Waals surface area contributed by atoms with Crippen molar-refractivity contribution in [2.24, 2.45) is 4.99 Å². The summed E-state index contributed by atoms with van der Waals surface area (Å²) < 4.78 is 5.68. The normalized spacial score (nSPS) is 21.8. The summed E-state index contributed by atoms with van der Waals surface area (Å²) in [6, 6.07) is 8.93. The molecule has 0 radical (unpaired) electrons. The number of aryl methyl sites for hydroxylation is 1. The lowest BCUT2D eigenvalue weighted by atomic mass is 9.72. The van der Waals surface area contributed by atoms with Gasteiger partial charge in [0.25, 0.3) is 0 Å². The highest BCUT2D eigenvalue weighted by molar-refractivity contribution is 5.80. The highest BCUT2D eigenvalue weighted by atomic mass is 16.5. The van der Waals surface area contributed by atoms with Gasteiger partial charge in [-0.2, -0.15) is 0 Å². The van der Waals surface area contributed by atoms with Gasteiger partial charge in [-0.25, -0.2) is 0 Å². The highest BCUT2D eigenvalue weighted by Gasteiger charge is 2.35. The summed E-state index contributed by atoms with van der Waals surface area (Å²) in [6.45, 7) is 10.9. The molecule has 3 rings (SSSR count). The standard InChI is InChI=1S/C23H36N4O2/c1-4-21(28)27-13-10-19(16-27)26-22(24-5-2)25-17-23(11-14-29-15-12-23)20-9-7-6-8-18(20)3/h6-9,19H,4-5,10-17H2,1-3H3,(H2,24,25,26). The number of aliphatic imine (C=N–C) groups is 1. The molecule has 2 saturated heterocycles. The van der Waals surface area contributed by atoms with Crippen LogP contribution in [0.4, 0.5) is 0 Å². The number of nitrogens with one attached hydrogen (secondary N) is 2. The molecule has 0 bridgehead atoms. The topological polar surface area (TPSA) is 66.0 Å². The zero-order valence-electron chi connectivity index (χ0n) is 18.2. The van der Waals surface area contributed by atoms with Crippen LogP contribution in [0.2, 0.25) is 0 Å². The van der Waals surface area contributed by atoms with E-state index in [1.807, 2.05) is 11.8 Å². The van der Waals surface area contributed by atoms with Crippen molar-refractivity contribution in [1.29, 1.82) is 0 Å². The first-order valence-corrected chi connectivity index (χ1v) is 11.0. The first kappa shape index (κ1) is 21.6. The maximum atomic E-state index is 12.0. The van der Waals surface area contributed by atoms with Gasteiger partial charge in [-0.05, 0) is 44.2 Å². The van der Waals surface area contributed by atoms with Gasteiger partial charge < -0.3 is 20.3 Å². The molecule has 1 aromatic rings. The van der Waals surface area contributed by atoms with Crippen molar-refractivity contribution < 1.29 is 9.53 Å². The van der Waals surface area contributed by atoms with Gasteiger partial charge in [-0.3, -0.25) is 9.79 Å². The average Bonchev–Trinajstić information content (AvgIpc) is 3.21. The minimum absolute atomic E-state index is 0.0197. The number of likely N-dealkylation sites (tertiary alicyclic amines) is 1. The maximum Gasteiger partial charge on any atom is 0.222 e. The molecule has 1 amide bonds. The number of rotatable bonds is 6. The molecule has 2 fully saturated rings. The fourth-order valence-corrected chi connectivity index (χ4v) is 4.51. The second-order valence-electron chi connectivity index (χ2n) is 8.23. The van der Waals surface area contributed by atoms with Crippen LogP contribution in [-0.2, 0) is 14.9 Å². The minimum Gasteiger partial charge on any atom is -0.381 e. The zero-order valence-corrected chi connectivity index (χ0v) is 18.2. The van der Waals surface area contributed by atoms with E-state index in [4.69, 9.17) is 9.73 Å². The van der Waals surface area contributed by atoms with Crippen LogP contribution in [0.1, 0.15) is 50.7 Å². The van der Waals surface area contributed by atoms with E-state index in [0.29, 0.717) is 6.42 Å². The number of ether oxygens (including phenoxy) is 1. The lowest BCUT2D eigenvalue weighted by Crippen LogP contribution is -2.46. The van der Waals surface area contributed by atoms with Crippen LogP contribution in [0, 0.1) is 6.92 Å². The van der Waals surface area contributed by atoms with Gasteiger partial charge in [-0.1, -0.05) is 31.2 Å². The van der Waals surface area contributed by atoms with Crippen molar-refractivity contribution in [3.05, 3.63) is 35.4 Å². The summed E-state index contributed by atoms with van der Waals surface area (Å²) >= 11 is 0. The second kappa shape index (κ2) is 10.1. The third-order valence-electron chi connectivity index (χ3n) is 6.23. The molecule has 0 spiro atoms. The van der Waals surface area contributed by atoms with Gasteiger partial charge in [0.15, 0.2) is 5.96 Å². The van der Waals surface area contributed by atoms with Crippen molar-refractivity contribution in [1.82, 2.24) is 15.5 Å². The lowest BCUT2D eigenvalue weighted by molar-refractivity contribution is -0.129. The van der Waals surface area contributed by atoms with E-state index in [0.717, 1.165) is 64.6 Å². The summed E-state index contributed by atoms with van der Waals surface area (Å²) in [6.07, 6.45) is 3.51. The molecule has 1 aromatic carbocycles. The minimum atomic E-state index is 0.0197. The maximum absolute atomic E-state index is 12.0. The molecule has 160 valence electrons. The van der Waals surface area contributed by atoms with Crippen LogP contribution in [0.5, 0.6) is 0 Å². The van der Waals surface area contributed by atoms with E-state index >= 15 is 0 Å². The number of benzene rings is 1. The molecule has 1 unspecified atom stereocenters. The summed E-state index contributed by atoms with van der Waals surface area (Å²) in [4.78, 5) is 18.9. The van der Waals surface area contributed by atoms with E-state index in [1.54, 1.807) is 0 Å². The lowest BCUT2D eigenvalue weighted by Gasteiger charge is -2.37. The number of hydrogen-bond acceptors (Lipinski definition) is 3. The van der Waals surface area contributed by atoms with E-state index in [2.05, 4.69) is 48.7 Å². The highest BCUT2D eigenvalue weighted by Crippen LogP contribution is 2.37. The zero-order chi connectivity index (χ0) is 20.7. The van der Waals surface area contributed by atoms with Crippen LogP contribution in [0.15, 0.2) is 29.3 Å². The van der Waals surface area contributed by atoms with Crippen LogP contribution in [-0.4, -0.2) is 62.2 Å². The SMILES string of the molecule is CCNC(=NCC1(c2ccccc2C)CCOCC1)NC1CCN(C(=O)CC)C1. The Hall–Kier alpha value is -2.08. The van der Waals surface area contributed by atoms with Crippen LogP contribution < -0.4 is 10.6 Å². The van der Waals surface area contributed by atoms with Gasteiger partial charge >= 0.3 is 0 Å². The molecule has 0 saturated carbocycles.